The van der Waals surface area contributed by atoms with Crippen LogP contribution in [0.15, 0.2) is 48.6 Å². The van der Waals surface area contributed by atoms with E-state index in [1.807, 2.05) is 13.0 Å². The van der Waals surface area contributed by atoms with Crippen LogP contribution in [0.4, 0.5) is 0 Å². The van der Waals surface area contributed by atoms with Gasteiger partial charge in [0, 0.05) is 0 Å². The first kappa shape index (κ1) is 65.1. The summed E-state index contributed by atoms with van der Waals surface area (Å²) < 4.78 is 11.1. The molecule has 1 heterocycles. The van der Waals surface area contributed by atoms with E-state index in [1.54, 1.807) is 0 Å². The van der Waals surface area contributed by atoms with Crippen LogP contribution in [0.5, 0.6) is 0 Å². The Bertz CT molecular complexity index is 1260. The fraction of sp³-hybridized carbons (Fsp3) is 0.845. The molecule has 0 bridgehead atoms. The summed E-state index contributed by atoms with van der Waals surface area (Å²) in [6, 6.07) is -1.19. The third kappa shape index (κ3) is 35.8. The van der Waals surface area contributed by atoms with Crippen molar-refractivity contribution in [2.24, 2.45) is 0 Å². The summed E-state index contributed by atoms with van der Waals surface area (Å²) in [5.74, 6) is -0.713. The van der Waals surface area contributed by atoms with Gasteiger partial charge in [-0.3, -0.25) is 4.79 Å². The standard InChI is InChI=1S/C58H107NO10/c1-3-5-7-9-11-13-15-17-18-19-20-21-22-23-24-25-26-27-28-29-30-31-32-33-34-36-38-40-42-44-46-51(62)57(67)59-49(48-68-58-56(66)55(65)54(64)52(47-60)69-58)53(63)50(61)45-43-41-39-37-35-16-14-12-10-8-6-4-2/h4,6,12,14,23-24,37,39,49-56,58,60-66H,3,5,7-11,13,15-22,25-36,38,40-48H2,1-2H3,(H,59,67)/b6-4+,14-12+,24-23-,39-37+. The van der Waals surface area contributed by atoms with Gasteiger partial charge in [-0.2, -0.15) is 0 Å². The summed E-state index contributed by atoms with van der Waals surface area (Å²) in [6.45, 7) is 3.22. The van der Waals surface area contributed by atoms with E-state index in [0.717, 1.165) is 44.9 Å². The number of carbonyl (C=O) groups excluding carboxylic acids is 1. The molecule has 0 saturated carbocycles. The number of rotatable bonds is 48. The van der Waals surface area contributed by atoms with Gasteiger partial charge in [0.05, 0.1) is 25.4 Å². The second-order valence-corrected chi connectivity index (χ2v) is 20.0. The van der Waals surface area contributed by atoms with Crippen LogP contribution in [0.1, 0.15) is 245 Å². The van der Waals surface area contributed by atoms with Crippen LogP contribution in [0.25, 0.3) is 0 Å². The van der Waals surface area contributed by atoms with E-state index in [9.17, 15) is 40.5 Å². The van der Waals surface area contributed by atoms with E-state index in [2.05, 4.69) is 54.8 Å². The molecule has 8 N–H and O–H groups in total. The Kier molecular flexibility index (Phi) is 44.4. The zero-order chi connectivity index (χ0) is 50.4. The summed E-state index contributed by atoms with van der Waals surface area (Å²) >= 11 is 0. The molecule has 0 aromatic rings. The van der Waals surface area contributed by atoms with E-state index >= 15 is 0 Å². The first-order valence-corrected chi connectivity index (χ1v) is 28.5. The largest absolute Gasteiger partial charge is 0.394 e. The monoisotopic (exact) mass is 978 g/mol. The molecule has 1 aliphatic rings. The molecule has 1 aliphatic heterocycles. The van der Waals surface area contributed by atoms with E-state index in [0.29, 0.717) is 19.3 Å². The number of ether oxygens (including phenoxy) is 2. The topological polar surface area (TPSA) is 189 Å². The average Bonchev–Trinajstić information content (AvgIpc) is 3.35. The molecule has 1 saturated heterocycles. The van der Waals surface area contributed by atoms with E-state index < -0.39 is 74.2 Å². The predicted molar refractivity (Wildman–Crippen MR) is 284 cm³/mol. The lowest BCUT2D eigenvalue weighted by Gasteiger charge is -2.40. The molecule has 9 atom stereocenters. The van der Waals surface area contributed by atoms with Crippen LogP contribution in [0, 0.1) is 0 Å². The molecule has 1 fully saturated rings. The number of aliphatic hydroxyl groups is 7. The van der Waals surface area contributed by atoms with Crippen LogP contribution < -0.4 is 5.32 Å². The number of aliphatic hydroxyl groups excluding tert-OH is 7. The van der Waals surface area contributed by atoms with Gasteiger partial charge in [0.25, 0.3) is 0 Å². The van der Waals surface area contributed by atoms with Gasteiger partial charge < -0.3 is 50.5 Å². The maximum atomic E-state index is 13.1. The lowest BCUT2D eigenvalue weighted by atomic mass is 9.98. The smallest absolute Gasteiger partial charge is 0.249 e. The van der Waals surface area contributed by atoms with E-state index in [1.165, 1.54) is 154 Å². The summed E-state index contributed by atoms with van der Waals surface area (Å²) in [5.41, 5.74) is 0. The van der Waals surface area contributed by atoms with Crippen molar-refractivity contribution in [1.82, 2.24) is 5.32 Å². The minimum absolute atomic E-state index is 0.239. The number of unbranched alkanes of at least 4 members (excludes halogenated alkanes) is 29. The normalized spacial score (nSPS) is 20.7. The Labute approximate surface area is 421 Å². The average molecular weight is 978 g/mol. The lowest BCUT2D eigenvalue weighted by molar-refractivity contribution is -0.303. The van der Waals surface area contributed by atoms with Crippen molar-refractivity contribution in [3.63, 3.8) is 0 Å². The van der Waals surface area contributed by atoms with Gasteiger partial charge in [-0.1, -0.05) is 210 Å². The molecule has 404 valence electrons. The van der Waals surface area contributed by atoms with Crippen molar-refractivity contribution in [1.29, 1.82) is 0 Å². The second-order valence-electron chi connectivity index (χ2n) is 20.0. The van der Waals surface area contributed by atoms with E-state index in [-0.39, 0.29) is 12.8 Å². The fourth-order valence-corrected chi connectivity index (χ4v) is 9.01. The van der Waals surface area contributed by atoms with E-state index in [4.69, 9.17) is 9.47 Å². The number of nitrogens with one attached hydrogen (secondary N) is 1. The first-order valence-electron chi connectivity index (χ1n) is 28.5. The number of hydrogen-bond donors (Lipinski definition) is 8. The Morgan fingerprint density at radius 2 is 0.928 bits per heavy atom. The van der Waals surface area contributed by atoms with Gasteiger partial charge >= 0.3 is 0 Å². The van der Waals surface area contributed by atoms with Gasteiger partial charge in [-0.25, -0.2) is 0 Å². The third-order valence-electron chi connectivity index (χ3n) is 13.7. The Balaban J connectivity index is 2.23. The van der Waals surface area contributed by atoms with Crippen molar-refractivity contribution in [3.8, 4) is 0 Å². The van der Waals surface area contributed by atoms with Crippen molar-refractivity contribution in [2.75, 3.05) is 13.2 Å². The summed E-state index contributed by atoms with van der Waals surface area (Å²) in [4.78, 5) is 13.1. The zero-order valence-electron chi connectivity index (χ0n) is 44.0. The molecule has 0 spiro atoms. The highest BCUT2D eigenvalue weighted by atomic mass is 16.7. The molecule has 11 heteroatoms. The maximum Gasteiger partial charge on any atom is 0.249 e. The van der Waals surface area contributed by atoms with Gasteiger partial charge in [-0.15, -0.1) is 0 Å². The molecule has 0 aliphatic carbocycles. The zero-order valence-corrected chi connectivity index (χ0v) is 44.0. The molecule has 1 rings (SSSR count). The molecule has 0 radical (unpaired) electrons. The molecule has 0 aromatic heterocycles. The second kappa shape index (κ2) is 47.1. The first-order chi connectivity index (χ1) is 33.7. The van der Waals surface area contributed by atoms with Crippen LogP contribution in [-0.2, 0) is 14.3 Å². The molecule has 9 unspecified atom stereocenters. The van der Waals surface area contributed by atoms with Gasteiger partial charge in [-0.05, 0) is 84.0 Å². The molecule has 1 amide bonds. The number of carbonyl (C=O) groups is 1. The highest BCUT2D eigenvalue weighted by Gasteiger charge is 2.44. The number of hydrogen-bond acceptors (Lipinski definition) is 10. The molecular formula is C58H107NO10. The minimum Gasteiger partial charge on any atom is -0.394 e. The summed E-state index contributed by atoms with van der Waals surface area (Å²) in [5, 5.41) is 75.8. The highest BCUT2D eigenvalue weighted by Crippen LogP contribution is 2.23. The molecule has 69 heavy (non-hydrogen) atoms. The van der Waals surface area contributed by atoms with Crippen molar-refractivity contribution >= 4 is 5.91 Å². The highest BCUT2D eigenvalue weighted by molar-refractivity contribution is 5.80. The Morgan fingerprint density at radius 3 is 1.38 bits per heavy atom. The Hall–Kier alpha value is -1.93. The van der Waals surface area contributed by atoms with Crippen LogP contribution in [0.3, 0.4) is 0 Å². The lowest BCUT2D eigenvalue weighted by Crippen LogP contribution is -2.60. The van der Waals surface area contributed by atoms with Crippen LogP contribution in [0.2, 0.25) is 0 Å². The summed E-state index contributed by atoms with van der Waals surface area (Å²) in [7, 11) is 0. The van der Waals surface area contributed by atoms with Crippen molar-refractivity contribution < 1.29 is 50.0 Å². The fourth-order valence-electron chi connectivity index (χ4n) is 9.01. The van der Waals surface area contributed by atoms with Crippen molar-refractivity contribution in [3.05, 3.63) is 48.6 Å². The number of allylic oxidation sites excluding steroid dienone is 8. The maximum absolute atomic E-state index is 13.1. The van der Waals surface area contributed by atoms with Crippen LogP contribution >= 0.6 is 0 Å². The summed E-state index contributed by atoms with van der Waals surface area (Å²) in [6.07, 6.45) is 47.8. The minimum atomic E-state index is -1.67. The van der Waals surface area contributed by atoms with Gasteiger partial charge in [0.2, 0.25) is 5.91 Å². The third-order valence-corrected chi connectivity index (χ3v) is 13.7. The van der Waals surface area contributed by atoms with Gasteiger partial charge in [0.15, 0.2) is 6.29 Å². The molecular weight excluding hydrogens is 871 g/mol. The molecule has 0 aromatic carbocycles. The Morgan fingerprint density at radius 1 is 0.522 bits per heavy atom. The van der Waals surface area contributed by atoms with Crippen molar-refractivity contribution in [2.45, 2.75) is 300 Å². The SMILES string of the molecule is C/C=C/CC/C=C/CC/C=C/CCCC(O)C(O)C(COC1OC(CO)C(O)C(O)C1O)NC(=O)C(O)CCCCCCCCCCCCCCCC/C=C\CCCCCCCCCCCCCC. The quantitative estimate of drug-likeness (QED) is 0.0215. The molecule has 11 nitrogen and oxygen atoms in total. The van der Waals surface area contributed by atoms with Crippen LogP contribution in [-0.4, -0.2) is 110 Å². The number of amides is 1. The van der Waals surface area contributed by atoms with Gasteiger partial charge in [0.1, 0.15) is 36.6 Å². The predicted octanol–water partition coefficient (Wildman–Crippen LogP) is 11.7.